The molecule has 0 radical (unpaired) electrons. The van der Waals surface area contributed by atoms with Crippen LogP contribution in [0.25, 0.3) is 0 Å². The Bertz CT molecular complexity index is 681. The second-order valence-corrected chi connectivity index (χ2v) is 8.42. The summed E-state index contributed by atoms with van der Waals surface area (Å²) in [5.41, 5.74) is 3.94. The Labute approximate surface area is 146 Å². The largest absolute Gasteiger partial charge is 0.507 e. The van der Waals surface area contributed by atoms with Crippen molar-refractivity contribution in [1.82, 2.24) is 0 Å². The van der Waals surface area contributed by atoms with Gasteiger partial charge in [-0.15, -0.1) is 0 Å². The van der Waals surface area contributed by atoms with Gasteiger partial charge in [0, 0.05) is 17.3 Å². The summed E-state index contributed by atoms with van der Waals surface area (Å²) in [6.45, 7) is 13.4. The van der Waals surface area contributed by atoms with Crippen molar-refractivity contribution in [3.63, 3.8) is 0 Å². The van der Waals surface area contributed by atoms with Gasteiger partial charge in [-0.1, -0.05) is 71.9 Å². The van der Waals surface area contributed by atoms with Gasteiger partial charge in [0.05, 0.1) is 6.54 Å². The lowest BCUT2D eigenvalue weighted by molar-refractivity contribution is 0.423. The Balaban J connectivity index is 2.39. The predicted molar refractivity (Wildman–Crippen MR) is 103 cm³/mol. The Morgan fingerprint density at radius 3 is 1.83 bits per heavy atom. The van der Waals surface area contributed by atoms with Crippen LogP contribution >= 0.6 is 0 Å². The van der Waals surface area contributed by atoms with Crippen LogP contribution in [0.15, 0.2) is 47.5 Å². The Hall–Kier alpha value is -2.09. The lowest BCUT2D eigenvalue weighted by atomic mass is 9.78. The van der Waals surface area contributed by atoms with Crippen molar-refractivity contribution in [2.24, 2.45) is 4.99 Å². The second kappa shape index (κ2) is 6.80. The molecule has 0 fully saturated rings. The molecular weight excluding hydrogens is 294 g/mol. The number of nitrogens with zero attached hydrogens (tertiary/aromatic N) is 1. The normalized spacial score (nSPS) is 12.8. The Morgan fingerprint density at radius 1 is 0.875 bits per heavy atom. The number of hydrogen-bond acceptors (Lipinski definition) is 2. The molecular formula is C22H29NO. The van der Waals surface area contributed by atoms with Crippen LogP contribution in [-0.2, 0) is 17.4 Å². The van der Waals surface area contributed by atoms with Crippen LogP contribution in [0.4, 0.5) is 0 Å². The molecule has 0 aliphatic heterocycles. The monoisotopic (exact) mass is 323 g/mol. The maximum absolute atomic E-state index is 10.7. The van der Waals surface area contributed by atoms with Crippen LogP contribution in [0.5, 0.6) is 5.75 Å². The van der Waals surface area contributed by atoms with Crippen LogP contribution in [0, 0.1) is 0 Å². The molecule has 0 spiro atoms. The first kappa shape index (κ1) is 18.3. The van der Waals surface area contributed by atoms with Gasteiger partial charge >= 0.3 is 0 Å². The number of rotatable bonds is 3. The van der Waals surface area contributed by atoms with E-state index in [0.29, 0.717) is 12.3 Å². The van der Waals surface area contributed by atoms with Crippen molar-refractivity contribution >= 4 is 6.21 Å². The molecule has 0 saturated carbocycles. The van der Waals surface area contributed by atoms with E-state index >= 15 is 0 Å². The highest BCUT2D eigenvalue weighted by Gasteiger charge is 2.26. The zero-order valence-electron chi connectivity index (χ0n) is 15.7. The first-order valence-corrected chi connectivity index (χ1v) is 8.51. The van der Waals surface area contributed by atoms with Gasteiger partial charge in [0.15, 0.2) is 0 Å². The molecule has 1 N–H and O–H groups in total. The average molecular weight is 323 g/mol. The van der Waals surface area contributed by atoms with Gasteiger partial charge in [0.2, 0.25) is 0 Å². The summed E-state index contributed by atoms with van der Waals surface area (Å²) < 4.78 is 0. The zero-order valence-corrected chi connectivity index (χ0v) is 15.7. The van der Waals surface area contributed by atoms with E-state index in [2.05, 4.69) is 70.8 Å². The maximum atomic E-state index is 10.7. The summed E-state index contributed by atoms with van der Waals surface area (Å²) >= 11 is 0. The van der Waals surface area contributed by atoms with Crippen LogP contribution in [0.1, 0.15) is 63.8 Å². The highest BCUT2D eigenvalue weighted by Crippen LogP contribution is 2.39. The summed E-state index contributed by atoms with van der Waals surface area (Å²) in [4.78, 5) is 4.58. The molecule has 0 bridgehead atoms. The van der Waals surface area contributed by atoms with E-state index in [4.69, 9.17) is 0 Å². The minimum Gasteiger partial charge on any atom is -0.507 e. The van der Waals surface area contributed by atoms with E-state index < -0.39 is 0 Å². The van der Waals surface area contributed by atoms with Crippen LogP contribution < -0.4 is 0 Å². The molecule has 0 saturated heterocycles. The van der Waals surface area contributed by atoms with Crippen molar-refractivity contribution in [2.75, 3.05) is 0 Å². The number of phenolic OH excluding ortho intramolecular Hbond substituents is 1. The van der Waals surface area contributed by atoms with Crippen molar-refractivity contribution < 1.29 is 5.11 Å². The third kappa shape index (κ3) is 4.47. The molecule has 0 amide bonds. The van der Waals surface area contributed by atoms with E-state index in [-0.39, 0.29) is 10.8 Å². The second-order valence-electron chi connectivity index (χ2n) is 8.42. The Kier molecular flexibility index (Phi) is 5.17. The van der Waals surface area contributed by atoms with E-state index in [9.17, 15) is 5.11 Å². The first-order valence-electron chi connectivity index (χ1n) is 8.51. The maximum Gasteiger partial charge on any atom is 0.123 e. The van der Waals surface area contributed by atoms with Gasteiger partial charge in [0.1, 0.15) is 5.75 Å². The molecule has 2 rings (SSSR count). The van der Waals surface area contributed by atoms with Crippen molar-refractivity contribution in [2.45, 2.75) is 58.9 Å². The quantitative estimate of drug-likeness (QED) is 0.732. The van der Waals surface area contributed by atoms with Crippen LogP contribution in [0.3, 0.4) is 0 Å². The number of aromatic hydroxyl groups is 1. The van der Waals surface area contributed by atoms with E-state index in [1.54, 1.807) is 0 Å². The molecule has 0 heterocycles. The first-order chi connectivity index (χ1) is 11.1. The van der Waals surface area contributed by atoms with Gasteiger partial charge in [-0.25, -0.2) is 0 Å². The number of phenols is 1. The fourth-order valence-corrected chi connectivity index (χ4v) is 2.71. The molecule has 0 aromatic heterocycles. The predicted octanol–water partition coefficient (Wildman–Crippen LogP) is 5.61. The SMILES string of the molecule is CC(C)(C)c1cc(C=NCc2ccccc2)cc(C(C)(C)C)c1O. The minimum atomic E-state index is -0.118. The summed E-state index contributed by atoms with van der Waals surface area (Å²) in [7, 11) is 0. The van der Waals surface area contributed by atoms with Gasteiger partial charge in [-0.2, -0.15) is 0 Å². The van der Waals surface area contributed by atoms with E-state index in [1.165, 1.54) is 5.56 Å². The lowest BCUT2D eigenvalue weighted by Crippen LogP contribution is -2.17. The van der Waals surface area contributed by atoms with E-state index in [1.807, 2.05) is 24.4 Å². The van der Waals surface area contributed by atoms with Crippen LogP contribution in [-0.4, -0.2) is 11.3 Å². The molecule has 0 aliphatic carbocycles. The summed E-state index contributed by atoms with van der Waals surface area (Å²) in [6, 6.07) is 14.3. The highest BCUT2D eigenvalue weighted by molar-refractivity contribution is 5.81. The van der Waals surface area contributed by atoms with Gasteiger partial charge in [0.25, 0.3) is 0 Å². The third-order valence-electron chi connectivity index (χ3n) is 4.11. The Morgan fingerprint density at radius 2 is 1.38 bits per heavy atom. The highest BCUT2D eigenvalue weighted by atomic mass is 16.3. The number of hydrogen-bond donors (Lipinski definition) is 1. The lowest BCUT2D eigenvalue weighted by Gasteiger charge is -2.27. The van der Waals surface area contributed by atoms with E-state index in [0.717, 1.165) is 16.7 Å². The zero-order chi connectivity index (χ0) is 18.0. The molecule has 2 heteroatoms. The fourth-order valence-electron chi connectivity index (χ4n) is 2.71. The minimum absolute atomic E-state index is 0.118. The van der Waals surface area contributed by atoms with Crippen LogP contribution in [0.2, 0.25) is 0 Å². The van der Waals surface area contributed by atoms with Gasteiger partial charge < -0.3 is 5.11 Å². The average Bonchev–Trinajstić information content (AvgIpc) is 2.47. The third-order valence-corrected chi connectivity index (χ3v) is 4.11. The molecule has 24 heavy (non-hydrogen) atoms. The molecule has 2 aromatic rings. The van der Waals surface area contributed by atoms with Crippen molar-refractivity contribution in [3.05, 3.63) is 64.7 Å². The summed E-state index contributed by atoms with van der Waals surface area (Å²) in [5, 5.41) is 10.7. The van der Waals surface area contributed by atoms with Crippen molar-refractivity contribution in [3.8, 4) is 5.75 Å². The number of benzene rings is 2. The van der Waals surface area contributed by atoms with Gasteiger partial charge in [-0.3, -0.25) is 4.99 Å². The topological polar surface area (TPSA) is 32.6 Å². The smallest absolute Gasteiger partial charge is 0.123 e. The molecule has 0 aliphatic rings. The summed E-state index contributed by atoms with van der Waals surface area (Å²) in [5.74, 6) is 0.412. The summed E-state index contributed by atoms with van der Waals surface area (Å²) in [6.07, 6.45) is 1.91. The van der Waals surface area contributed by atoms with Gasteiger partial charge in [-0.05, 0) is 34.1 Å². The molecule has 128 valence electrons. The fraction of sp³-hybridized carbons (Fsp3) is 0.409. The number of aliphatic imine (C=N–C) groups is 1. The molecule has 0 atom stereocenters. The molecule has 0 unspecified atom stereocenters. The molecule has 2 aromatic carbocycles. The molecule has 2 nitrogen and oxygen atoms in total. The standard InChI is InChI=1S/C22H29NO/c1-21(2,3)18-12-17(13-19(20(18)24)22(4,5)6)15-23-14-16-10-8-7-9-11-16/h7-13,15,24H,14H2,1-6H3. The van der Waals surface area contributed by atoms with Crippen molar-refractivity contribution in [1.29, 1.82) is 0 Å².